The van der Waals surface area contributed by atoms with Crippen LogP contribution in [0.5, 0.6) is 0 Å². The van der Waals surface area contributed by atoms with Gasteiger partial charge in [-0.3, -0.25) is 9.59 Å². The minimum atomic E-state index is -0.308. The highest BCUT2D eigenvalue weighted by molar-refractivity contribution is 5.76. The van der Waals surface area contributed by atoms with Crippen LogP contribution in [0, 0.1) is 5.92 Å². The van der Waals surface area contributed by atoms with Crippen molar-refractivity contribution in [2.45, 2.75) is 31.7 Å². The molecule has 0 aromatic carbocycles. The minimum absolute atomic E-state index is 0.206. The number of nitrogens with one attached hydrogen (secondary N) is 1. The van der Waals surface area contributed by atoms with E-state index < -0.39 is 0 Å². The number of primary amides is 1. The summed E-state index contributed by atoms with van der Waals surface area (Å²) < 4.78 is 4.70. The maximum Gasteiger partial charge on any atom is 0.323 e. The zero-order valence-corrected chi connectivity index (χ0v) is 8.99. The summed E-state index contributed by atoms with van der Waals surface area (Å²) in [4.78, 5) is 21.8. The van der Waals surface area contributed by atoms with Gasteiger partial charge >= 0.3 is 5.97 Å². The lowest BCUT2D eigenvalue weighted by atomic mass is 10.2. The number of carbonyl (C=O) groups excluding carboxylic acids is 2. The highest BCUT2D eigenvalue weighted by Gasteiger charge is 2.36. The first-order valence-electron chi connectivity index (χ1n) is 5.24. The van der Waals surface area contributed by atoms with Gasteiger partial charge in [0.15, 0.2) is 0 Å². The summed E-state index contributed by atoms with van der Waals surface area (Å²) in [7, 11) is 1.39. The molecule has 0 spiro atoms. The number of hydrogen-bond donors (Lipinski definition) is 2. The molecule has 1 unspecified atom stereocenters. The van der Waals surface area contributed by atoms with Gasteiger partial charge in [0.25, 0.3) is 0 Å². The van der Waals surface area contributed by atoms with Crippen LogP contribution in [0.3, 0.4) is 0 Å². The molecule has 0 heterocycles. The van der Waals surface area contributed by atoms with Crippen molar-refractivity contribution in [3.63, 3.8) is 0 Å². The Morgan fingerprint density at radius 2 is 2.20 bits per heavy atom. The molecule has 0 saturated heterocycles. The Morgan fingerprint density at radius 3 is 2.67 bits per heavy atom. The van der Waals surface area contributed by atoms with Crippen molar-refractivity contribution in [3.05, 3.63) is 0 Å². The Bertz CT molecular complexity index is 239. The van der Waals surface area contributed by atoms with Crippen molar-refractivity contribution in [2.24, 2.45) is 11.7 Å². The van der Waals surface area contributed by atoms with Crippen LogP contribution in [-0.4, -0.2) is 31.6 Å². The van der Waals surface area contributed by atoms with E-state index in [1.54, 1.807) is 0 Å². The first-order chi connectivity index (χ1) is 7.15. The van der Waals surface area contributed by atoms with Gasteiger partial charge in [0, 0.05) is 6.42 Å². The third kappa shape index (κ3) is 4.29. The molecule has 1 aliphatic rings. The van der Waals surface area contributed by atoms with Gasteiger partial charge in [0.05, 0.1) is 7.11 Å². The smallest absolute Gasteiger partial charge is 0.323 e. The van der Waals surface area contributed by atoms with E-state index in [2.05, 4.69) is 5.32 Å². The average Bonchev–Trinajstić information content (AvgIpc) is 3.00. The quantitative estimate of drug-likeness (QED) is 0.454. The summed E-state index contributed by atoms with van der Waals surface area (Å²) in [5, 5.41) is 3.11. The third-order valence-corrected chi connectivity index (χ3v) is 2.51. The van der Waals surface area contributed by atoms with Gasteiger partial charge in [-0.2, -0.15) is 0 Å². The summed E-state index contributed by atoms with van der Waals surface area (Å²) in [5.74, 6) is -0.111. The summed E-state index contributed by atoms with van der Waals surface area (Å²) >= 11 is 0. The Kier molecular flexibility index (Phi) is 4.55. The predicted octanol–water partition coefficient (Wildman–Crippen LogP) is -0.207. The first-order valence-corrected chi connectivity index (χ1v) is 5.24. The van der Waals surface area contributed by atoms with Gasteiger partial charge in [0.2, 0.25) is 5.91 Å². The molecule has 1 amide bonds. The summed E-state index contributed by atoms with van der Waals surface area (Å²) in [6, 6.07) is -0.206. The lowest BCUT2D eigenvalue weighted by molar-refractivity contribution is -0.143. The number of methoxy groups -OCH3 is 1. The average molecular weight is 214 g/mol. The molecule has 5 nitrogen and oxygen atoms in total. The van der Waals surface area contributed by atoms with E-state index in [1.807, 2.05) is 0 Å². The molecular weight excluding hydrogens is 196 g/mol. The monoisotopic (exact) mass is 214 g/mol. The maximum atomic E-state index is 11.3. The number of esters is 1. The fourth-order valence-electron chi connectivity index (χ4n) is 1.52. The second-order valence-corrected chi connectivity index (χ2v) is 3.86. The van der Waals surface area contributed by atoms with Crippen molar-refractivity contribution in [2.75, 3.05) is 13.7 Å². The van der Waals surface area contributed by atoms with E-state index in [-0.39, 0.29) is 17.9 Å². The molecule has 1 rings (SSSR count). The molecule has 3 N–H and O–H groups in total. The molecule has 86 valence electrons. The first kappa shape index (κ1) is 12.0. The third-order valence-electron chi connectivity index (χ3n) is 2.51. The molecular formula is C10H18N2O3. The molecule has 0 radical (unpaired) electrons. The molecule has 15 heavy (non-hydrogen) atoms. The van der Waals surface area contributed by atoms with Crippen molar-refractivity contribution >= 4 is 11.9 Å². The van der Waals surface area contributed by atoms with E-state index >= 15 is 0 Å². The Hall–Kier alpha value is -1.10. The highest BCUT2D eigenvalue weighted by Crippen LogP contribution is 2.33. The van der Waals surface area contributed by atoms with Gasteiger partial charge in [-0.05, 0) is 31.7 Å². The van der Waals surface area contributed by atoms with E-state index in [1.165, 1.54) is 7.11 Å². The summed E-state index contributed by atoms with van der Waals surface area (Å²) in [6.45, 7) is 0.624. The van der Waals surface area contributed by atoms with Gasteiger partial charge < -0.3 is 15.8 Å². The van der Waals surface area contributed by atoms with Crippen LogP contribution in [0.25, 0.3) is 0 Å². The lowest BCUT2D eigenvalue weighted by Gasteiger charge is -2.15. The van der Waals surface area contributed by atoms with Crippen molar-refractivity contribution in [1.82, 2.24) is 5.32 Å². The van der Waals surface area contributed by atoms with Crippen LogP contribution in [0.15, 0.2) is 0 Å². The minimum Gasteiger partial charge on any atom is -0.468 e. The normalized spacial score (nSPS) is 17.1. The molecule has 1 atom stereocenters. The number of rotatable bonds is 7. The number of carbonyl (C=O) groups is 2. The van der Waals surface area contributed by atoms with Crippen LogP contribution in [0.1, 0.15) is 25.7 Å². The van der Waals surface area contributed by atoms with Crippen molar-refractivity contribution < 1.29 is 14.3 Å². The molecule has 0 aromatic rings. The van der Waals surface area contributed by atoms with Crippen LogP contribution in [-0.2, 0) is 14.3 Å². The second-order valence-electron chi connectivity index (χ2n) is 3.86. The maximum absolute atomic E-state index is 11.3. The molecule has 1 aliphatic carbocycles. The zero-order valence-electron chi connectivity index (χ0n) is 8.99. The molecule has 1 saturated carbocycles. The molecule has 1 fully saturated rings. The van der Waals surface area contributed by atoms with Crippen LogP contribution in [0.2, 0.25) is 0 Å². The fraction of sp³-hybridized carbons (Fsp3) is 0.800. The van der Waals surface area contributed by atoms with Gasteiger partial charge in [-0.15, -0.1) is 0 Å². The number of amides is 1. The molecule has 0 bridgehead atoms. The standard InChI is InChI=1S/C10H18N2O3/c1-15-10(14)9(7-4-5-7)12-6-2-3-8(11)13/h7,9,12H,2-6H2,1H3,(H2,11,13). The fourth-order valence-corrected chi connectivity index (χ4v) is 1.52. The topological polar surface area (TPSA) is 81.4 Å². The van der Waals surface area contributed by atoms with Gasteiger partial charge in [-0.25, -0.2) is 0 Å². The number of hydrogen-bond acceptors (Lipinski definition) is 4. The summed E-state index contributed by atoms with van der Waals surface area (Å²) in [5.41, 5.74) is 5.01. The van der Waals surface area contributed by atoms with Gasteiger partial charge in [-0.1, -0.05) is 0 Å². The summed E-state index contributed by atoms with van der Waals surface area (Å²) in [6.07, 6.45) is 3.16. The molecule has 0 aliphatic heterocycles. The zero-order chi connectivity index (χ0) is 11.3. The van der Waals surface area contributed by atoms with Crippen LogP contribution in [0.4, 0.5) is 0 Å². The predicted molar refractivity (Wildman–Crippen MR) is 55.0 cm³/mol. The van der Waals surface area contributed by atoms with E-state index in [0.717, 1.165) is 12.8 Å². The van der Waals surface area contributed by atoms with E-state index in [0.29, 0.717) is 25.3 Å². The molecule has 0 aromatic heterocycles. The van der Waals surface area contributed by atoms with Crippen molar-refractivity contribution in [3.8, 4) is 0 Å². The lowest BCUT2D eigenvalue weighted by Crippen LogP contribution is -2.40. The van der Waals surface area contributed by atoms with Crippen LogP contribution < -0.4 is 11.1 Å². The van der Waals surface area contributed by atoms with E-state index in [9.17, 15) is 9.59 Å². The molecule has 5 heteroatoms. The van der Waals surface area contributed by atoms with Crippen LogP contribution >= 0.6 is 0 Å². The Balaban J connectivity index is 2.20. The largest absolute Gasteiger partial charge is 0.468 e. The van der Waals surface area contributed by atoms with Crippen molar-refractivity contribution in [1.29, 1.82) is 0 Å². The van der Waals surface area contributed by atoms with E-state index in [4.69, 9.17) is 10.5 Å². The number of ether oxygens (including phenoxy) is 1. The SMILES string of the molecule is COC(=O)C(NCCCC(N)=O)C1CC1. The van der Waals surface area contributed by atoms with Gasteiger partial charge in [0.1, 0.15) is 6.04 Å². The highest BCUT2D eigenvalue weighted by atomic mass is 16.5. The number of nitrogens with two attached hydrogens (primary N) is 1. The Labute approximate surface area is 89.3 Å². The second kappa shape index (κ2) is 5.70. The Morgan fingerprint density at radius 1 is 1.53 bits per heavy atom.